The Morgan fingerprint density at radius 1 is 1.18 bits per heavy atom. The van der Waals surface area contributed by atoms with Crippen LogP contribution < -0.4 is 10.5 Å². The third-order valence-electron chi connectivity index (χ3n) is 6.85. The van der Waals surface area contributed by atoms with Crippen LogP contribution in [0, 0.1) is 15.5 Å². The molecule has 2 atom stereocenters. The molecule has 200 valence electrons. The molecule has 1 aliphatic rings. The lowest BCUT2D eigenvalue weighted by molar-refractivity contribution is -0.384. The molecule has 1 fully saturated rings. The van der Waals surface area contributed by atoms with E-state index in [1.165, 1.54) is 35.2 Å². The Bertz CT molecular complexity index is 1460. The van der Waals surface area contributed by atoms with Crippen molar-refractivity contribution in [3.8, 4) is 0 Å². The number of non-ortho nitro benzene ring substituents is 1. The fourth-order valence-electron chi connectivity index (χ4n) is 4.67. The summed E-state index contributed by atoms with van der Waals surface area (Å²) in [5.74, 6) is -0.516. The van der Waals surface area contributed by atoms with Crippen molar-refractivity contribution in [1.82, 2.24) is 14.5 Å². The standard InChI is InChI=1S/C26H30N6O5S/c1-30(22-7-4-14-31(17-22)26(27)28)25(33)24(15-18-8-11-21(12-9-18)32(34)35)29-38(36,37)23-13-10-19-5-2-3-6-20(19)16-23/h2-3,5-6,8-13,16,22,24,29H,4,7,14-15,17H2,1H3,(H3,27,28)/t22-,24?/m0/s1. The lowest BCUT2D eigenvalue weighted by atomic mass is 10.0. The number of nitro benzene ring substituents is 1. The molecule has 38 heavy (non-hydrogen) atoms. The molecule has 3 aromatic rings. The van der Waals surface area contributed by atoms with Gasteiger partial charge in [0.05, 0.1) is 9.82 Å². The molecule has 4 N–H and O–H groups in total. The van der Waals surface area contributed by atoms with Gasteiger partial charge in [-0.05, 0) is 47.7 Å². The van der Waals surface area contributed by atoms with Gasteiger partial charge in [0.1, 0.15) is 6.04 Å². The van der Waals surface area contributed by atoms with Crippen LogP contribution in [0.25, 0.3) is 10.8 Å². The van der Waals surface area contributed by atoms with E-state index >= 15 is 0 Å². The SMILES string of the molecule is CN(C(=O)C(Cc1ccc([N+](=O)[O-])cc1)NS(=O)(=O)c1ccc2ccccc2c1)[C@H]1CCCN(C(=N)N)C1. The molecule has 1 heterocycles. The van der Waals surface area contributed by atoms with E-state index < -0.39 is 26.9 Å². The first-order valence-corrected chi connectivity index (χ1v) is 13.6. The van der Waals surface area contributed by atoms with Crippen LogP contribution in [0.15, 0.2) is 71.6 Å². The smallest absolute Gasteiger partial charge is 0.269 e. The van der Waals surface area contributed by atoms with Gasteiger partial charge in [0.25, 0.3) is 5.69 Å². The fraction of sp³-hybridized carbons (Fsp3) is 0.308. The molecule has 12 heteroatoms. The summed E-state index contributed by atoms with van der Waals surface area (Å²) in [4.78, 5) is 27.4. The van der Waals surface area contributed by atoms with Gasteiger partial charge in [-0.15, -0.1) is 0 Å². The van der Waals surface area contributed by atoms with E-state index in [2.05, 4.69) is 4.72 Å². The number of nitrogens with zero attached hydrogens (tertiary/aromatic N) is 3. The Hall–Kier alpha value is -4.03. The number of likely N-dealkylation sites (tertiary alicyclic amines) is 1. The predicted octanol–water partition coefficient (Wildman–Crippen LogP) is 2.45. The number of nitro groups is 1. The molecule has 0 aliphatic carbocycles. The average Bonchev–Trinajstić information content (AvgIpc) is 2.91. The Kier molecular flexibility index (Phi) is 7.93. The molecule has 0 radical (unpaired) electrons. The number of fused-ring (bicyclic) bond motifs is 1. The number of piperidine rings is 1. The van der Waals surface area contributed by atoms with Gasteiger partial charge in [-0.2, -0.15) is 4.72 Å². The first-order chi connectivity index (χ1) is 18.0. The van der Waals surface area contributed by atoms with Crippen molar-refractivity contribution in [1.29, 1.82) is 5.41 Å². The summed E-state index contributed by atoms with van der Waals surface area (Å²) in [6.07, 6.45) is 1.42. The highest BCUT2D eigenvalue weighted by Gasteiger charge is 2.33. The number of sulfonamides is 1. The maximum absolute atomic E-state index is 13.7. The molecule has 0 saturated carbocycles. The van der Waals surface area contributed by atoms with Crippen molar-refractivity contribution in [2.45, 2.75) is 36.2 Å². The van der Waals surface area contributed by atoms with Gasteiger partial charge >= 0.3 is 0 Å². The number of carbonyl (C=O) groups excluding carboxylic acids is 1. The fourth-order valence-corrected chi connectivity index (χ4v) is 5.90. The van der Waals surface area contributed by atoms with E-state index in [1.54, 1.807) is 24.1 Å². The van der Waals surface area contributed by atoms with Gasteiger partial charge in [-0.3, -0.25) is 20.3 Å². The van der Waals surface area contributed by atoms with E-state index in [-0.39, 0.29) is 29.0 Å². The molecule has 11 nitrogen and oxygen atoms in total. The minimum Gasteiger partial charge on any atom is -0.370 e. The summed E-state index contributed by atoms with van der Waals surface area (Å²) in [7, 11) is -2.48. The number of benzene rings is 3. The minimum absolute atomic E-state index is 0.00286. The predicted molar refractivity (Wildman–Crippen MR) is 144 cm³/mol. The summed E-state index contributed by atoms with van der Waals surface area (Å²) in [5, 5.41) is 20.4. The largest absolute Gasteiger partial charge is 0.370 e. The monoisotopic (exact) mass is 538 g/mol. The number of carbonyl (C=O) groups is 1. The van der Waals surface area contributed by atoms with Crippen molar-refractivity contribution < 1.29 is 18.1 Å². The third kappa shape index (κ3) is 6.09. The van der Waals surface area contributed by atoms with Crippen molar-refractivity contribution in [2.24, 2.45) is 5.73 Å². The molecule has 1 aliphatic heterocycles. The van der Waals surface area contributed by atoms with Crippen LogP contribution >= 0.6 is 0 Å². The topological polar surface area (TPSA) is 163 Å². The molecular weight excluding hydrogens is 508 g/mol. The van der Waals surface area contributed by atoms with E-state index in [4.69, 9.17) is 11.1 Å². The summed E-state index contributed by atoms with van der Waals surface area (Å²) in [5.41, 5.74) is 6.12. The summed E-state index contributed by atoms with van der Waals surface area (Å²) in [6, 6.07) is 16.4. The van der Waals surface area contributed by atoms with Crippen LogP contribution in [0.3, 0.4) is 0 Å². The zero-order valence-electron chi connectivity index (χ0n) is 20.9. The van der Waals surface area contributed by atoms with Crippen LogP contribution in [-0.4, -0.2) is 67.2 Å². The molecule has 1 saturated heterocycles. The Morgan fingerprint density at radius 2 is 1.87 bits per heavy atom. The van der Waals surface area contributed by atoms with E-state index in [0.29, 0.717) is 25.1 Å². The van der Waals surface area contributed by atoms with Crippen LogP contribution in [0.1, 0.15) is 18.4 Å². The highest BCUT2D eigenvalue weighted by Crippen LogP contribution is 2.22. The number of hydrogen-bond donors (Lipinski definition) is 3. The molecule has 1 amide bonds. The van der Waals surface area contributed by atoms with Gasteiger partial charge in [0, 0.05) is 38.3 Å². The number of nitrogens with one attached hydrogen (secondary N) is 2. The van der Waals surface area contributed by atoms with Crippen molar-refractivity contribution in [2.75, 3.05) is 20.1 Å². The quantitative estimate of drug-likeness (QED) is 0.172. The second-order valence-electron chi connectivity index (χ2n) is 9.39. The number of hydrogen-bond acceptors (Lipinski definition) is 6. The second-order valence-corrected chi connectivity index (χ2v) is 11.1. The molecule has 0 bridgehead atoms. The van der Waals surface area contributed by atoms with E-state index in [0.717, 1.165) is 17.2 Å². The van der Waals surface area contributed by atoms with Crippen LogP contribution in [-0.2, 0) is 21.2 Å². The normalized spacial score (nSPS) is 16.7. The lowest BCUT2D eigenvalue weighted by Crippen LogP contribution is -2.56. The molecule has 1 unspecified atom stereocenters. The molecule has 0 aromatic heterocycles. The number of nitrogens with two attached hydrogens (primary N) is 1. The first kappa shape index (κ1) is 27.0. The van der Waals surface area contributed by atoms with E-state index in [1.807, 2.05) is 24.3 Å². The highest BCUT2D eigenvalue weighted by atomic mass is 32.2. The summed E-state index contributed by atoms with van der Waals surface area (Å²) >= 11 is 0. The zero-order chi connectivity index (χ0) is 27.4. The van der Waals surface area contributed by atoms with Crippen LogP contribution in [0.5, 0.6) is 0 Å². The van der Waals surface area contributed by atoms with Crippen LogP contribution in [0.4, 0.5) is 5.69 Å². The minimum atomic E-state index is -4.10. The van der Waals surface area contributed by atoms with Gasteiger partial charge in [0.15, 0.2) is 5.96 Å². The Balaban J connectivity index is 1.62. The van der Waals surface area contributed by atoms with Crippen molar-refractivity contribution in [3.63, 3.8) is 0 Å². The van der Waals surface area contributed by atoms with Gasteiger partial charge in [-0.25, -0.2) is 8.42 Å². The Morgan fingerprint density at radius 3 is 2.53 bits per heavy atom. The van der Waals surface area contributed by atoms with Gasteiger partial charge in [-0.1, -0.05) is 42.5 Å². The van der Waals surface area contributed by atoms with Crippen LogP contribution in [0.2, 0.25) is 0 Å². The van der Waals surface area contributed by atoms with Crippen molar-refractivity contribution in [3.05, 3.63) is 82.4 Å². The number of likely N-dealkylation sites (N-methyl/N-ethyl adjacent to an activating group) is 1. The van der Waals surface area contributed by atoms with Gasteiger partial charge in [0.2, 0.25) is 15.9 Å². The highest BCUT2D eigenvalue weighted by molar-refractivity contribution is 7.89. The third-order valence-corrected chi connectivity index (χ3v) is 8.32. The van der Waals surface area contributed by atoms with Crippen molar-refractivity contribution >= 4 is 38.3 Å². The second kappa shape index (κ2) is 11.2. The Labute approximate surface area is 220 Å². The average molecular weight is 539 g/mol. The summed E-state index contributed by atoms with van der Waals surface area (Å²) < 4.78 is 29.5. The molecular formula is C26H30N6O5S. The van der Waals surface area contributed by atoms with Gasteiger partial charge < -0.3 is 15.5 Å². The maximum Gasteiger partial charge on any atom is 0.269 e. The molecule has 0 spiro atoms. The maximum atomic E-state index is 13.7. The first-order valence-electron chi connectivity index (χ1n) is 12.2. The van der Waals surface area contributed by atoms with E-state index in [9.17, 15) is 23.3 Å². The molecule has 3 aromatic carbocycles. The molecule has 4 rings (SSSR count). The summed E-state index contributed by atoms with van der Waals surface area (Å²) in [6.45, 7) is 0.994. The zero-order valence-corrected chi connectivity index (χ0v) is 21.7. The number of rotatable bonds is 8. The number of guanidine groups is 1. The number of amides is 1. The lowest BCUT2D eigenvalue weighted by Gasteiger charge is -2.39.